The van der Waals surface area contributed by atoms with Gasteiger partial charge in [0, 0.05) is 5.02 Å². The number of hydrogen-bond acceptors (Lipinski definition) is 4. The van der Waals surface area contributed by atoms with Crippen LogP contribution >= 0.6 is 11.6 Å². The maximum Gasteiger partial charge on any atom is 0.325 e. The van der Waals surface area contributed by atoms with Crippen molar-refractivity contribution in [3.8, 4) is 5.75 Å². The third-order valence-corrected chi connectivity index (χ3v) is 4.60. The van der Waals surface area contributed by atoms with E-state index < -0.39 is 29.4 Å². The van der Waals surface area contributed by atoms with Gasteiger partial charge < -0.3 is 15.2 Å². The number of nitrogens with one attached hydrogen (secondary N) is 1. The van der Waals surface area contributed by atoms with Crippen LogP contribution in [-0.2, 0) is 10.3 Å². The molecule has 2 atom stereocenters. The lowest BCUT2D eigenvalue weighted by Crippen LogP contribution is -2.42. The minimum atomic E-state index is -1.32. The molecule has 2 aromatic rings. The predicted molar refractivity (Wildman–Crippen MR) is 97.0 cm³/mol. The van der Waals surface area contributed by atoms with E-state index in [1.54, 1.807) is 24.3 Å². The second kappa shape index (κ2) is 7.54. The van der Waals surface area contributed by atoms with Crippen molar-refractivity contribution in [2.24, 2.45) is 0 Å². The summed E-state index contributed by atoms with van der Waals surface area (Å²) in [5.74, 6) is -0.456. The lowest BCUT2D eigenvalue weighted by atomic mass is 9.92. The van der Waals surface area contributed by atoms with Crippen molar-refractivity contribution in [2.75, 3.05) is 13.2 Å². The molecular weight excluding hydrogens is 375 g/mol. The second-order valence-electron chi connectivity index (χ2n) is 6.40. The maximum atomic E-state index is 13.1. The SMILES string of the molecule is CC1(c2ccc(F)cc2)NC(=O)N(CC(O)COc2ccc(Cl)cc2)C1=O. The number of halogens is 2. The summed E-state index contributed by atoms with van der Waals surface area (Å²) >= 11 is 5.79. The molecule has 27 heavy (non-hydrogen) atoms. The van der Waals surface area contributed by atoms with Gasteiger partial charge in [-0.15, -0.1) is 0 Å². The van der Waals surface area contributed by atoms with Gasteiger partial charge in [0.05, 0.1) is 6.54 Å². The maximum absolute atomic E-state index is 13.1. The predicted octanol–water partition coefficient (Wildman–Crippen LogP) is 2.69. The number of carbonyl (C=O) groups is 2. The number of hydrogen-bond donors (Lipinski definition) is 2. The highest BCUT2D eigenvalue weighted by Crippen LogP contribution is 2.29. The van der Waals surface area contributed by atoms with E-state index >= 15 is 0 Å². The third kappa shape index (κ3) is 4.04. The Balaban J connectivity index is 1.64. The number of aliphatic hydroxyl groups is 1. The zero-order valence-corrected chi connectivity index (χ0v) is 15.2. The quantitative estimate of drug-likeness (QED) is 0.741. The summed E-state index contributed by atoms with van der Waals surface area (Å²) in [7, 11) is 0. The summed E-state index contributed by atoms with van der Waals surface area (Å²) in [6.45, 7) is 1.21. The van der Waals surface area contributed by atoms with Crippen molar-refractivity contribution in [3.63, 3.8) is 0 Å². The van der Waals surface area contributed by atoms with E-state index in [0.717, 1.165) is 4.90 Å². The van der Waals surface area contributed by atoms with Crippen LogP contribution in [0, 0.1) is 5.82 Å². The number of carbonyl (C=O) groups excluding carboxylic acids is 2. The number of β-amino-alcohol motifs (C(OH)–C–C–N with tert-alkyl or cyclic N) is 1. The first kappa shape index (κ1) is 19.1. The number of ether oxygens (including phenoxy) is 1. The van der Waals surface area contributed by atoms with Gasteiger partial charge in [-0.25, -0.2) is 9.18 Å². The van der Waals surface area contributed by atoms with Crippen molar-refractivity contribution in [1.29, 1.82) is 0 Å². The highest BCUT2D eigenvalue weighted by molar-refractivity contribution is 6.30. The molecule has 0 bridgehead atoms. The van der Waals surface area contributed by atoms with Crippen LogP contribution in [-0.4, -0.2) is 41.2 Å². The molecule has 3 amide bonds. The Morgan fingerprint density at radius 1 is 1.19 bits per heavy atom. The Hall–Kier alpha value is -2.64. The summed E-state index contributed by atoms with van der Waals surface area (Å²) in [4.78, 5) is 25.9. The molecule has 0 aromatic heterocycles. The fourth-order valence-corrected chi connectivity index (χ4v) is 2.95. The minimum absolute atomic E-state index is 0.105. The van der Waals surface area contributed by atoms with Gasteiger partial charge in [0.15, 0.2) is 0 Å². The van der Waals surface area contributed by atoms with E-state index in [-0.39, 0.29) is 13.2 Å². The van der Waals surface area contributed by atoms with Gasteiger partial charge in [-0.2, -0.15) is 0 Å². The van der Waals surface area contributed by atoms with Gasteiger partial charge in [0.25, 0.3) is 5.91 Å². The normalized spacial score (nSPS) is 20.5. The van der Waals surface area contributed by atoms with Crippen molar-refractivity contribution in [2.45, 2.75) is 18.6 Å². The van der Waals surface area contributed by atoms with Gasteiger partial charge in [-0.1, -0.05) is 23.7 Å². The molecule has 6 nitrogen and oxygen atoms in total. The highest BCUT2D eigenvalue weighted by Gasteiger charge is 2.49. The smallest absolute Gasteiger partial charge is 0.325 e. The van der Waals surface area contributed by atoms with E-state index in [9.17, 15) is 19.1 Å². The molecule has 1 saturated heterocycles. The summed E-state index contributed by atoms with van der Waals surface area (Å²) in [6, 6.07) is 11.3. The van der Waals surface area contributed by atoms with E-state index in [2.05, 4.69) is 5.32 Å². The largest absolute Gasteiger partial charge is 0.491 e. The Morgan fingerprint density at radius 3 is 2.44 bits per heavy atom. The molecule has 2 aromatic carbocycles. The van der Waals surface area contributed by atoms with Gasteiger partial charge in [-0.05, 0) is 48.9 Å². The zero-order chi connectivity index (χ0) is 19.6. The van der Waals surface area contributed by atoms with Crippen molar-refractivity contribution in [3.05, 3.63) is 64.9 Å². The highest BCUT2D eigenvalue weighted by atomic mass is 35.5. The monoisotopic (exact) mass is 392 g/mol. The van der Waals surface area contributed by atoms with Crippen LogP contribution in [0.1, 0.15) is 12.5 Å². The Bertz CT molecular complexity index is 844. The number of imide groups is 1. The molecule has 1 aliphatic rings. The number of amides is 3. The first-order valence-electron chi connectivity index (χ1n) is 8.26. The molecule has 0 spiro atoms. The summed E-state index contributed by atoms with van der Waals surface area (Å²) in [5, 5.41) is 13.3. The number of benzene rings is 2. The number of nitrogens with zero attached hydrogens (tertiary/aromatic N) is 1. The molecule has 1 heterocycles. The standard InChI is InChI=1S/C19H18ClFN2O4/c1-19(12-2-6-14(21)7-3-12)17(25)23(18(26)22-19)10-15(24)11-27-16-8-4-13(20)5-9-16/h2-9,15,24H,10-11H2,1H3,(H,22,26). The fraction of sp³-hybridized carbons (Fsp3) is 0.263. The number of rotatable bonds is 6. The molecule has 2 N–H and O–H groups in total. The molecule has 3 rings (SSSR count). The summed E-state index contributed by atoms with van der Waals surface area (Å²) in [5.41, 5.74) is -0.863. The van der Waals surface area contributed by atoms with Gasteiger partial charge in [0.1, 0.15) is 29.8 Å². The second-order valence-corrected chi connectivity index (χ2v) is 6.83. The molecule has 8 heteroatoms. The molecule has 0 aliphatic carbocycles. The number of urea groups is 1. The van der Waals surface area contributed by atoms with E-state index in [0.29, 0.717) is 16.3 Å². The summed E-state index contributed by atoms with van der Waals surface area (Å²) < 4.78 is 18.6. The Kier molecular flexibility index (Phi) is 5.34. The molecular formula is C19H18ClFN2O4. The van der Waals surface area contributed by atoms with Gasteiger partial charge >= 0.3 is 6.03 Å². The van der Waals surface area contributed by atoms with Crippen LogP contribution in [0.2, 0.25) is 5.02 Å². The van der Waals surface area contributed by atoms with E-state index in [4.69, 9.17) is 16.3 Å². The lowest BCUT2D eigenvalue weighted by molar-refractivity contribution is -0.132. The topological polar surface area (TPSA) is 78.9 Å². The fourth-order valence-electron chi connectivity index (χ4n) is 2.83. The van der Waals surface area contributed by atoms with E-state index in [1.807, 2.05) is 0 Å². The first-order valence-corrected chi connectivity index (χ1v) is 8.64. The molecule has 2 unspecified atom stereocenters. The molecule has 142 valence electrons. The number of aliphatic hydroxyl groups excluding tert-OH is 1. The molecule has 0 radical (unpaired) electrons. The van der Waals surface area contributed by atoms with Crippen molar-refractivity contribution in [1.82, 2.24) is 10.2 Å². The zero-order valence-electron chi connectivity index (χ0n) is 14.5. The third-order valence-electron chi connectivity index (χ3n) is 4.35. The van der Waals surface area contributed by atoms with Crippen molar-refractivity contribution < 1.29 is 23.8 Å². The molecule has 0 saturated carbocycles. The average Bonchev–Trinajstić information content (AvgIpc) is 2.86. The van der Waals surface area contributed by atoms with Gasteiger partial charge in [-0.3, -0.25) is 9.69 Å². The van der Waals surface area contributed by atoms with Crippen LogP contribution < -0.4 is 10.1 Å². The van der Waals surface area contributed by atoms with Crippen LogP contribution in [0.15, 0.2) is 48.5 Å². The lowest BCUT2D eigenvalue weighted by Gasteiger charge is -2.23. The molecule has 1 fully saturated rings. The Morgan fingerprint density at radius 2 is 1.81 bits per heavy atom. The van der Waals surface area contributed by atoms with Gasteiger partial charge in [0.2, 0.25) is 0 Å². The summed E-state index contributed by atoms with van der Waals surface area (Å²) in [6.07, 6.45) is -1.08. The molecule has 1 aliphatic heterocycles. The Labute approximate surface area is 160 Å². The average molecular weight is 393 g/mol. The van der Waals surface area contributed by atoms with Crippen LogP contribution in [0.4, 0.5) is 9.18 Å². The van der Waals surface area contributed by atoms with Crippen molar-refractivity contribution >= 4 is 23.5 Å². The minimum Gasteiger partial charge on any atom is -0.491 e. The van der Waals surface area contributed by atoms with Crippen LogP contribution in [0.25, 0.3) is 0 Å². The van der Waals surface area contributed by atoms with Crippen LogP contribution in [0.3, 0.4) is 0 Å². The van der Waals surface area contributed by atoms with E-state index in [1.165, 1.54) is 31.2 Å². The first-order chi connectivity index (χ1) is 12.8. The van der Waals surface area contributed by atoms with Crippen LogP contribution in [0.5, 0.6) is 5.75 Å².